The fourth-order valence-corrected chi connectivity index (χ4v) is 3.48. The Balaban J connectivity index is 2.00. The van der Waals surface area contributed by atoms with Crippen LogP contribution in [0.3, 0.4) is 0 Å². The molecule has 1 aromatic rings. The van der Waals surface area contributed by atoms with Gasteiger partial charge in [-0.25, -0.2) is 4.98 Å². The Morgan fingerprint density at radius 2 is 2.50 bits per heavy atom. The van der Waals surface area contributed by atoms with Crippen molar-refractivity contribution in [2.45, 2.75) is 50.4 Å². The lowest BCUT2D eigenvalue weighted by atomic mass is 10.1. The molecule has 0 aromatic carbocycles. The van der Waals surface area contributed by atoms with E-state index < -0.39 is 0 Å². The van der Waals surface area contributed by atoms with Crippen LogP contribution in [0.2, 0.25) is 0 Å². The van der Waals surface area contributed by atoms with Gasteiger partial charge in [0, 0.05) is 24.0 Å². The first-order valence-electron chi connectivity index (χ1n) is 6.18. The fourth-order valence-electron chi connectivity index (χ4n) is 2.17. The van der Waals surface area contributed by atoms with Crippen molar-refractivity contribution in [3.05, 3.63) is 18.2 Å². The highest BCUT2D eigenvalue weighted by molar-refractivity contribution is 7.99. The third-order valence-electron chi connectivity index (χ3n) is 3.24. The Morgan fingerprint density at radius 1 is 1.62 bits per heavy atom. The van der Waals surface area contributed by atoms with Crippen LogP contribution >= 0.6 is 11.8 Å². The number of nitrogens with zero attached hydrogens (tertiary/aromatic N) is 2. The van der Waals surface area contributed by atoms with E-state index in [1.807, 2.05) is 12.5 Å². The van der Waals surface area contributed by atoms with Gasteiger partial charge in [0.2, 0.25) is 0 Å². The fraction of sp³-hybridized carbons (Fsp3) is 0.750. The van der Waals surface area contributed by atoms with E-state index >= 15 is 0 Å². The van der Waals surface area contributed by atoms with Gasteiger partial charge in [-0.2, -0.15) is 11.8 Å². The van der Waals surface area contributed by atoms with Crippen molar-refractivity contribution in [2.24, 2.45) is 5.73 Å². The molecular formula is C12H21N3S. The Hall–Kier alpha value is -0.480. The van der Waals surface area contributed by atoms with E-state index in [0.717, 1.165) is 18.2 Å². The molecule has 0 amide bonds. The summed E-state index contributed by atoms with van der Waals surface area (Å²) in [5.74, 6) is 1.31. The van der Waals surface area contributed by atoms with Crippen molar-refractivity contribution >= 4 is 11.8 Å². The molecule has 90 valence electrons. The molecule has 2 heterocycles. The predicted molar refractivity (Wildman–Crippen MR) is 69.5 cm³/mol. The van der Waals surface area contributed by atoms with Gasteiger partial charge < -0.3 is 10.3 Å². The monoisotopic (exact) mass is 239 g/mol. The molecule has 3 nitrogen and oxygen atoms in total. The van der Waals surface area contributed by atoms with Crippen LogP contribution in [0.25, 0.3) is 0 Å². The largest absolute Gasteiger partial charge is 0.332 e. The first-order chi connectivity index (χ1) is 7.81. The van der Waals surface area contributed by atoms with Crippen LogP contribution < -0.4 is 5.73 Å². The third kappa shape index (κ3) is 2.80. The molecule has 0 saturated carbocycles. The van der Waals surface area contributed by atoms with Gasteiger partial charge in [0.25, 0.3) is 0 Å². The summed E-state index contributed by atoms with van der Waals surface area (Å²) in [6.07, 6.45) is 8.92. The van der Waals surface area contributed by atoms with Gasteiger partial charge in [-0.05, 0) is 25.0 Å². The average molecular weight is 239 g/mol. The smallest absolute Gasteiger partial charge is 0.0949 e. The topological polar surface area (TPSA) is 43.8 Å². The average Bonchev–Trinajstić information content (AvgIpc) is 2.77. The van der Waals surface area contributed by atoms with Crippen molar-refractivity contribution in [1.29, 1.82) is 0 Å². The molecule has 16 heavy (non-hydrogen) atoms. The van der Waals surface area contributed by atoms with Crippen LogP contribution in [0.1, 0.15) is 44.3 Å². The molecule has 0 radical (unpaired) electrons. The maximum atomic E-state index is 6.08. The molecule has 0 spiro atoms. The van der Waals surface area contributed by atoms with Crippen molar-refractivity contribution in [2.75, 3.05) is 5.75 Å². The maximum absolute atomic E-state index is 6.08. The summed E-state index contributed by atoms with van der Waals surface area (Å²) in [6.45, 7) is 3.20. The van der Waals surface area contributed by atoms with Crippen LogP contribution in [0.4, 0.5) is 0 Å². The van der Waals surface area contributed by atoms with E-state index in [4.69, 9.17) is 5.73 Å². The molecule has 1 unspecified atom stereocenters. The van der Waals surface area contributed by atoms with Gasteiger partial charge >= 0.3 is 0 Å². The number of nitrogens with two attached hydrogens (primary N) is 1. The molecule has 2 N–H and O–H groups in total. The second-order valence-corrected chi connectivity index (χ2v) is 5.88. The van der Waals surface area contributed by atoms with Crippen LogP contribution in [0, 0.1) is 0 Å². The number of imidazole rings is 1. The number of hydrogen-bond donors (Lipinski definition) is 1. The zero-order valence-electron chi connectivity index (χ0n) is 9.93. The predicted octanol–water partition coefficient (Wildman–Crippen LogP) is 2.58. The highest BCUT2D eigenvalue weighted by Crippen LogP contribution is 2.27. The van der Waals surface area contributed by atoms with Crippen molar-refractivity contribution in [3.8, 4) is 0 Å². The lowest BCUT2D eigenvalue weighted by molar-refractivity contribution is 0.543. The zero-order valence-corrected chi connectivity index (χ0v) is 10.7. The Kier molecular flexibility index (Phi) is 4.29. The van der Waals surface area contributed by atoms with E-state index in [1.54, 1.807) is 0 Å². The summed E-state index contributed by atoms with van der Waals surface area (Å²) in [7, 11) is 0. The lowest BCUT2D eigenvalue weighted by Gasteiger charge is -2.23. The van der Waals surface area contributed by atoms with Gasteiger partial charge in [0.15, 0.2) is 0 Å². The Bertz CT molecular complexity index is 318. The van der Waals surface area contributed by atoms with Crippen LogP contribution in [0.5, 0.6) is 0 Å². The van der Waals surface area contributed by atoms with Crippen LogP contribution in [-0.4, -0.2) is 20.6 Å². The third-order valence-corrected chi connectivity index (χ3v) is 4.62. The summed E-state index contributed by atoms with van der Waals surface area (Å²) in [4.78, 5) is 4.23. The highest BCUT2D eigenvalue weighted by atomic mass is 32.2. The Morgan fingerprint density at radius 3 is 3.19 bits per heavy atom. The number of thioether (sulfide) groups is 1. The van der Waals surface area contributed by atoms with Gasteiger partial charge in [-0.15, -0.1) is 0 Å². The molecule has 0 bridgehead atoms. The quantitative estimate of drug-likeness (QED) is 0.878. The first kappa shape index (κ1) is 12.0. The van der Waals surface area contributed by atoms with Crippen molar-refractivity contribution < 1.29 is 0 Å². The highest BCUT2D eigenvalue weighted by Gasteiger charge is 2.17. The molecule has 1 saturated heterocycles. The molecule has 4 heteroatoms. The van der Waals surface area contributed by atoms with Crippen molar-refractivity contribution in [1.82, 2.24) is 9.55 Å². The van der Waals surface area contributed by atoms with E-state index in [1.165, 1.54) is 30.7 Å². The number of hydrogen-bond acceptors (Lipinski definition) is 3. The second-order valence-electron chi connectivity index (χ2n) is 4.47. The van der Waals surface area contributed by atoms with Gasteiger partial charge in [-0.3, -0.25) is 0 Å². The normalized spacial score (nSPS) is 23.2. The van der Waals surface area contributed by atoms with Crippen LogP contribution in [0.15, 0.2) is 12.5 Å². The molecule has 1 aliphatic heterocycles. The van der Waals surface area contributed by atoms with Crippen LogP contribution in [-0.2, 0) is 6.54 Å². The number of aromatic nitrogens is 2. The summed E-state index contributed by atoms with van der Waals surface area (Å²) in [5, 5.41) is 0.755. The summed E-state index contributed by atoms with van der Waals surface area (Å²) in [5.41, 5.74) is 7.27. The minimum Gasteiger partial charge on any atom is -0.332 e. The molecular weight excluding hydrogens is 218 g/mol. The molecule has 1 fully saturated rings. The molecule has 2 rings (SSSR count). The van der Waals surface area contributed by atoms with Crippen molar-refractivity contribution in [3.63, 3.8) is 0 Å². The van der Waals surface area contributed by atoms with Gasteiger partial charge in [0.1, 0.15) is 0 Å². The maximum Gasteiger partial charge on any atom is 0.0949 e. The summed E-state index contributed by atoms with van der Waals surface area (Å²) in [6, 6.07) is 0.135. The van der Waals surface area contributed by atoms with E-state index in [9.17, 15) is 0 Å². The first-order valence-corrected chi connectivity index (χ1v) is 7.23. The lowest BCUT2D eigenvalue weighted by Crippen LogP contribution is -2.21. The second kappa shape index (κ2) is 5.73. The molecule has 1 aromatic heterocycles. The Labute approximate surface area is 102 Å². The SMILES string of the molecule is CC[C@@H](N)c1cncn1CC1CCCCS1. The standard InChI is InChI=1S/C12H21N3S/c1-2-11(13)12-7-14-9-15(12)8-10-5-3-4-6-16-10/h7,9-11H,2-6,8,13H2,1H3/t10?,11-/m1/s1. The van der Waals surface area contributed by atoms with E-state index in [-0.39, 0.29) is 6.04 Å². The van der Waals surface area contributed by atoms with E-state index in [2.05, 4.69) is 28.2 Å². The van der Waals surface area contributed by atoms with E-state index in [0.29, 0.717) is 0 Å². The zero-order chi connectivity index (χ0) is 11.4. The number of rotatable bonds is 4. The molecule has 2 atom stereocenters. The minimum absolute atomic E-state index is 0.135. The molecule has 1 aliphatic rings. The summed E-state index contributed by atoms with van der Waals surface area (Å²) < 4.78 is 2.25. The molecule has 0 aliphatic carbocycles. The van der Waals surface area contributed by atoms with Gasteiger partial charge in [0.05, 0.1) is 12.0 Å². The summed E-state index contributed by atoms with van der Waals surface area (Å²) >= 11 is 2.10. The van der Waals surface area contributed by atoms with Gasteiger partial charge in [-0.1, -0.05) is 13.3 Å². The minimum atomic E-state index is 0.135.